The van der Waals surface area contributed by atoms with Crippen LogP contribution in [0.1, 0.15) is 20.3 Å². The topological polar surface area (TPSA) is 101 Å². The molecule has 0 aromatic carbocycles. The zero-order chi connectivity index (χ0) is 13.9. The van der Waals surface area contributed by atoms with Gasteiger partial charge in [-0.3, -0.25) is 4.79 Å². The average Bonchev–Trinajstić information content (AvgIpc) is 2.64. The number of carbonyl (C=O) groups excluding carboxylic acids is 1. The van der Waals surface area contributed by atoms with E-state index in [1.54, 1.807) is 0 Å². The van der Waals surface area contributed by atoms with Crippen LogP contribution in [0.2, 0.25) is 0 Å². The largest absolute Gasteiger partial charge is 0.395 e. The molecule has 0 aromatic rings. The van der Waals surface area contributed by atoms with Crippen molar-refractivity contribution in [1.82, 2.24) is 4.90 Å². The SMILES string of the molecule is CC(C)[C@H](N)C(=O)N(CCO)C1CCS(=O)(=O)C1. The number of hydrogen-bond acceptors (Lipinski definition) is 5. The zero-order valence-electron chi connectivity index (χ0n) is 10.9. The van der Waals surface area contributed by atoms with Gasteiger partial charge in [0.25, 0.3) is 0 Å². The fourth-order valence-corrected chi connectivity index (χ4v) is 3.81. The third-order valence-electron chi connectivity index (χ3n) is 3.28. The standard InChI is InChI=1S/C11H22N2O4S/c1-8(2)10(12)11(15)13(4-5-14)9-3-6-18(16,17)7-9/h8-10,14H,3-7,12H2,1-2H3/t9?,10-/m0/s1. The summed E-state index contributed by atoms with van der Waals surface area (Å²) in [4.78, 5) is 13.6. The lowest BCUT2D eigenvalue weighted by atomic mass is 10.0. The summed E-state index contributed by atoms with van der Waals surface area (Å²) < 4.78 is 22.9. The molecule has 1 aliphatic heterocycles. The highest BCUT2D eigenvalue weighted by atomic mass is 32.2. The van der Waals surface area contributed by atoms with Crippen LogP contribution in [0.4, 0.5) is 0 Å². The number of nitrogens with zero attached hydrogens (tertiary/aromatic N) is 1. The number of amides is 1. The van der Waals surface area contributed by atoms with Crippen LogP contribution in [-0.4, -0.2) is 61.1 Å². The van der Waals surface area contributed by atoms with Gasteiger partial charge in [0.1, 0.15) is 0 Å². The molecule has 1 saturated heterocycles. The minimum atomic E-state index is -3.05. The fraction of sp³-hybridized carbons (Fsp3) is 0.909. The van der Waals surface area contributed by atoms with Gasteiger partial charge in [0, 0.05) is 12.6 Å². The predicted octanol–water partition coefficient (Wildman–Crippen LogP) is -1.02. The number of hydrogen-bond donors (Lipinski definition) is 2. The molecule has 1 rings (SSSR count). The third-order valence-corrected chi connectivity index (χ3v) is 5.03. The molecule has 0 radical (unpaired) electrons. The highest BCUT2D eigenvalue weighted by molar-refractivity contribution is 7.91. The summed E-state index contributed by atoms with van der Waals surface area (Å²) in [6.45, 7) is 3.63. The molecule has 0 aliphatic carbocycles. The summed E-state index contributed by atoms with van der Waals surface area (Å²) in [5.41, 5.74) is 5.80. The van der Waals surface area contributed by atoms with Crippen molar-refractivity contribution in [3.63, 3.8) is 0 Å². The van der Waals surface area contributed by atoms with Crippen LogP contribution in [0.25, 0.3) is 0 Å². The first kappa shape index (κ1) is 15.4. The highest BCUT2D eigenvalue weighted by Gasteiger charge is 2.36. The van der Waals surface area contributed by atoms with Crippen molar-refractivity contribution in [3.8, 4) is 0 Å². The Morgan fingerprint density at radius 3 is 2.50 bits per heavy atom. The van der Waals surface area contributed by atoms with Crippen LogP contribution < -0.4 is 5.73 Å². The maximum Gasteiger partial charge on any atom is 0.240 e. The molecule has 1 aliphatic rings. The van der Waals surface area contributed by atoms with Gasteiger partial charge in [0.15, 0.2) is 9.84 Å². The van der Waals surface area contributed by atoms with E-state index < -0.39 is 15.9 Å². The normalized spacial score (nSPS) is 24.2. The van der Waals surface area contributed by atoms with E-state index in [9.17, 15) is 13.2 Å². The summed E-state index contributed by atoms with van der Waals surface area (Å²) >= 11 is 0. The van der Waals surface area contributed by atoms with Gasteiger partial charge in [-0.25, -0.2) is 8.42 Å². The summed E-state index contributed by atoms with van der Waals surface area (Å²) in [7, 11) is -3.05. The summed E-state index contributed by atoms with van der Waals surface area (Å²) in [5.74, 6) is -0.217. The van der Waals surface area contributed by atoms with Crippen LogP contribution in [0.5, 0.6) is 0 Å². The maximum atomic E-state index is 12.2. The van der Waals surface area contributed by atoms with E-state index in [-0.39, 0.29) is 42.5 Å². The summed E-state index contributed by atoms with van der Waals surface area (Å²) in [5, 5.41) is 9.01. The molecule has 18 heavy (non-hydrogen) atoms. The van der Waals surface area contributed by atoms with E-state index in [2.05, 4.69) is 0 Å². The third kappa shape index (κ3) is 3.66. The second kappa shape index (κ2) is 5.99. The van der Waals surface area contributed by atoms with Crippen molar-refractivity contribution >= 4 is 15.7 Å². The van der Waals surface area contributed by atoms with Crippen molar-refractivity contribution in [2.75, 3.05) is 24.7 Å². The minimum Gasteiger partial charge on any atom is -0.395 e. The van der Waals surface area contributed by atoms with Crippen LogP contribution in [0.3, 0.4) is 0 Å². The Bertz CT molecular complexity index is 394. The van der Waals surface area contributed by atoms with E-state index in [4.69, 9.17) is 10.8 Å². The molecular weight excluding hydrogens is 256 g/mol. The lowest BCUT2D eigenvalue weighted by molar-refractivity contribution is -0.136. The lowest BCUT2D eigenvalue weighted by Gasteiger charge is -2.31. The molecule has 3 N–H and O–H groups in total. The summed E-state index contributed by atoms with van der Waals surface area (Å²) in [6, 6.07) is -1.00. The van der Waals surface area contributed by atoms with Gasteiger partial charge in [0.2, 0.25) is 5.91 Å². The lowest BCUT2D eigenvalue weighted by Crippen LogP contribution is -2.52. The average molecular weight is 278 g/mol. The summed E-state index contributed by atoms with van der Waals surface area (Å²) in [6.07, 6.45) is 0.429. The number of sulfone groups is 1. The van der Waals surface area contributed by atoms with Crippen LogP contribution >= 0.6 is 0 Å². The molecule has 1 unspecified atom stereocenters. The Morgan fingerprint density at radius 1 is 1.50 bits per heavy atom. The second-order valence-electron chi connectivity index (χ2n) is 5.08. The first-order valence-electron chi connectivity index (χ1n) is 6.16. The van der Waals surface area contributed by atoms with Crippen molar-refractivity contribution in [2.24, 2.45) is 11.7 Å². The Hall–Kier alpha value is -0.660. The van der Waals surface area contributed by atoms with E-state index >= 15 is 0 Å². The van der Waals surface area contributed by atoms with E-state index in [1.165, 1.54) is 4.90 Å². The highest BCUT2D eigenvalue weighted by Crippen LogP contribution is 2.19. The molecule has 1 fully saturated rings. The Kier molecular flexibility index (Phi) is 5.12. The minimum absolute atomic E-state index is 0.0169. The molecule has 0 spiro atoms. The fourth-order valence-electron chi connectivity index (χ4n) is 2.08. The number of nitrogens with two attached hydrogens (primary N) is 1. The number of aliphatic hydroxyl groups excluding tert-OH is 1. The smallest absolute Gasteiger partial charge is 0.240 e. The van der Waals surface area contributed by atoms with E-state index in [1.807, 2.05) is 13.8 Å². The quantitative estimate of drug-likeness (QED) is 0.670. The van der Waals surface area contributed by atoms with Gasteiger partial charge in [0.05, 0.1) is 24.2 Å². The maximum absolute atomic E-state index is 12.2. The molecule has 1 heterocycles. The number of carbonyl (C=O) groups is 1. The van der Waals surface area contributed by atoms with Crippen molar-refractivity contribution in [3.05, 3.63) is 0 Å². The van der Waals surface area contributed by atoms with Crippen LogP contribution in [0.15, 0.2) is 0 Å². The molecule has 0 bridgehead atoms. The first-order valence-corrected chi connectivity index (χ1v) is 7.98. The van der Waals surface area contributed by atoms with Gasteiger partial charge in [-0.1, -0.05) is 13.8 Å². The molecule has 0 aromatic heterocycles. The van der Waals surface area contributed by atoms with Crippen LogP contribution in [0, 0.1) is 5.92 Å². The van der Waals surface area contributed by atoms with Gasteiger partial charge >= 0.3 is 0 Å². The van der Waals surface area contributed by atoms with Gasteiger partial charge in [-0.05, 0) is 12.3 Å². The molecule has 106 valence electrons. The molecule has 7 heteroatoms. The van der Waals surface area contributed by atoms with E-state index in [0.717, 1.165) is 0 Å². The van der Waals surface area contributed by atoms with Gasteiger partial charge in [-0.2, -0.15) is 0 Å². The Labute approximate surface area is 108 Å². The molecule has 6 nitrogen and oxygen atoms in total. The van der Waals surface area contributed by atoms with Crippen molar-refractivity contribution < 1.29 is 18.3 Å². The predicted molar refractivity (Wildman–Crippen MR) is 68.7 cm³/mol. The monoisotopic (exact) mass is 278 g/mol. The van der Waals surface area contributed by atoms with Gasteiger partial charge in [-0.15, -0.1) is 0 Å². The Morgan fingerprint density at radius 2 is 2.11 bits per heavy atom. The first-order chi connectivity index (χ1) is 8.28. The van der Waals surface area contributed by atoms with Gasteiger partial charge < -0.3 is 15.7 Å². The van der Waals surface area contributed by atoms with Crippen molar-refractivity contribution in [1.29, 1.82) is 0 Å². The number of rotatable bonds is 5. The van der Waals surface area contributed by atoms with Crippen molar-refractivity contribution in [2.45, 2.75) is 32.4 Å². The number of aliphatic hydroxyl groups is 1. The van der Waals surface area contributed by atoms with E-state index in [0.29, 0.717) is 6.42 Å². The molecule has 0 saturated carbocycles. The van der Waals surface area contributed by atoms with Crippen LogP contribution in [-0.2, 0) is 14.6 Å². The molecule has 1 amide bonds. The Balaban J connectivity index is 2.80. The zero-order valence-corrected chi connectivity index (χ0v) is 11.7. The second-order valence-corrected chi connectivity index (χ2v) is 7.31. The molecule has 2 atom stereocenters. The molecular formula is C11H22N2O4S.